The van der Waals surface area contributed by atoms with Crippen molar-refractivity contribution in [3.63, 3.8) is 0 Å². The molecule has 13 heteroatoms. The van der Waals surface area contributed by atoms with Crippen LogP contribution in [0, 0.1) is 11.6 Å². The van der Waals surface area contributed by atoms with Crippen molar-refractivity contribution < 1.29 is 32.7 Å². The minimum Gasteiger partial charge on any atom is -0.494 e. The number of hydrogen-bond acceptors (Lipinski definition) is 7. The third-order valence-electron chi connectivity index (χ3n) is 5.08. The lowest BCUT2D eigenvalue weighted by molar-refractivity contribution is -0.836. The number of carbonyl (C=O) groups excluding carboxylic acids is 2. The van der Waals surface area contributed by atoms with E-state index < -0.39 is 11.6 Å². The number of ether oxygens (including phenoxy) is 2. The summed E-state index contributed by atoms with van der Waals surface area (Å²) in [4.78, 5) is 31.2. The van der Waals surface area contributed by atoms with Crippen LogP contribution in [0.5, 0.6) is 5.75 Å². The lowest BCUT2D eigenvalue weighted by Crippen LogP contribution is -3.02. The number of anilines is 2. The number of nitrogens with one attached hydrogen (secondary N) is 3. The van der Waals surface area contributed by atoms with Crippen molar-refractivity contribution in [1.29, 1.82) is 0 Å². The topological polar surface area (TPSA) is 111 Å². The molecule has 0 saturated heterocycles. The van der Waals surface area contributed by atoms with Crippen molar-refractivity contribution in [3.8, 4) is 17.0 Å². The average Bonchev–Trinajstić information content (AvgIpc) is 3.38. The zero-order valence-electron chi connectivity index (χ0n) is 23.7. The van der Waals surface area contributed by atoms with E-state index in [-0.39, 0.29) is 22.2 Å². The molecule has 0 fully saturated rings. The van der Waals surface area contributed by atoms with Crippen molar-refractivity contribution in [2.45, 2.75) is 13.3 Å². The molecule has 2 heterocycles. The molecule has 4 aromatic rings. The first kappa shape index (κ1) is 32.9. The first-order chi connectivity index (χ1) is 19.6. The Morgan fingerprint density at radius 3 is 2.39 bits per heavy atom. The molecule has 0 radical (unpaired) electrons. The third kappa shape index (κ3) is 8.85. The van der Waals surface area contributed by atoms with Gasteiger partial charge in [0.25, 0.3) is 12.4 Å². The second kappa shape index (κ2) is 16.1. The van der Waals surface area contributed by atoms with Gasteiger partial charge in [-0.1, -0.05) is 18.5 Å². The fourth-order valence-electron chi connectivity index (χ4n) is 3.34. The summed E-state index contributed by atoms with van der Waals surface area (Å²) in [6, 6.07) is 7.70. The Balaban J connectivity index is 0.000000653. The van der Waals surface area contributed by atoms with Gasteiger partial charge in [-0.05, 0) is 36.8 Å². The number of hydrogen-bond donors (Lipinski definition) is 3. The first-order valence-corrected chi connectivity index (χ1v) is 12.9. The molecule has 0 saturated carbocycles. The van der Waals surface area contributed by atoms with E-state index in [0.29, 0.717) is 41.4 Å². The summed E-state index contributed by atoms with van der Waals surface area (Å²) in [6.07, 6.45) is 5.35. The van der Waals surface area contributed by atoms with E-state index in [2.05, 4.69) is 46.5 Å². The lowest BCUT2D eigenvalue weighted by Gasteiger charge is -2.11. The van der Waals surface area contributed by atoms with Gasteiger partial charge in [0.1, 0.15) is 0 Å². The molecule has 0 spiro atoms. The molecule has 2 aromatic heterocycles. The number of nitrogens with zero attached hydrogens (tertiary/aromatic N) is 3. The van der Waals surface area contributed by atoms with E-state index in [1.807, 2.05) is 6.92 Å². The van der Waals surface area contributed by atoms with Crippen LogP contribution in [0.25, 0.3) is 16.9 Å². The van der Waals surface area contributed by atoms with Gasteiger partial charge in [-0.2, -0.15) is 4.39 Å². The molecule has 41 heavy (non-hydrogen) atoms. The molecule has 2 aromatic carbocycles. The Labute approximate surface area is 242 Å². The normalized spacial score (nSPS) is 10.2. The summed E-state index contributed by atoms with van der Waals surface area (Å²) < 4.78 is 39.1. The Morgan fingerprint density at radius 2 is 1.80 bits per heavy atom. The largest absolute Gasteiger partial charge is 0.494 e. The number of aromatic nitrogens is 3. The van der Waals surface area contributed by atoms with Gasteiger partial charge in [-0.15, -0.1) is 0 Å². The minimum atomic E-state index is -1.07. The highest BCUT2D eigenvalue weighted by Gasteiger charge is 2.19. The van der Waals surface area contributed by atoms with Crippen LogP contribution in [0.2, 0.25) is 5.02 Å². The molecule has 0 aliphatic heterocycles. The van der Waals surface area contributed by atoms with Crippen molar-refractivity contribution in [3.05, 3.63) is 71.1 Å². The highest BCUT2D eigenvalue weighted by molar-refractivity contribution is 6.34. The van der Waals surface area contributed by atoms with Crippen molar-refractivity contribution in [2.24, 2.45) is 0 Å². The van der Waals surface area contributed by atoms with Crippen LogP contribution in [0.1, 0.15) is 23.7 Å². The fraction of sp³-hybridized carbons (Fsp3) is 0.286. The molecule has 1 amide bonds. The Bertz CT molecular complexity index is 1460. The first-order valence-electron chi connectivity index (χ1n) is 12.5. The Kier molecular flexibility index (Phi) is 12.9. The van der Waals surface area contributed by atoms with Gasteiger partial charge in [-0.25, -0.2) is 14.4 Å². The smallest absolute Gasteiger partial charge is 0.292 e. The number of quaternary nitrogens is 1. The van der Waals surface area contributed by atoms with Gasteiger partial charge in [0.15, 0.2) is 23.0 Å². The van der Waals surface area contributed by atoms with Crippen molar-refractivity contribution >= 4 is 41.1 Å². The number of imidazole rings is 1. The van der Waals surface area contributed by atoms with Gasteiger partial charge in [0.2, 0.25) is 5.82 Å². The average molecular weight is 592 g/mol. The van der Waals surface area contributed by atoms with E-state index in [1.54, 1.807) is 28.8 Å². The maximum absolute atomic E-state index is 14.6. The van der Waals surface area contributed by atoms with Gasteiger partial charge >= 0.3 is 0 Å². The summed E-state index contributed by atoms with van der Waals surface area (Å²) in [7, 11) is 8.83. The molecule has 0 unspecified atom stereocenters. The standard InChI is InChI=1S/C23H20ClF2N5O2.C3H9N.C2H4O2/c1-3-8-28-23(32)14-5-4-13(11-16(14)24)30-21-22-29-12-17(31(22)10-9-27-21)15-6-7-18(33-2)20(26)19(15)25;1-4(2)3;1-4-2-3/h4-7,9-12H,3,8H2,1-2H3,(H,27,30)(H,28,32);1-3H3;2H,1H3/p+1. The van der Waals surface area contributed by atoms with Crippen LogP contribution in [0.4, 0.5) is 20.3 Å². The van der Waals surface area contributed by atoms with Crippen LogP contribution in [-0.4, -0.2) is 68.7 Å². The fourth-order valence-corrected chi connectivity index (χ4v) is 3.61. The molecular formula is C28H34ClF2N6O4+. The summed E-state index contributed by atoms with van der Waals surface area (Å²) in [6.45, 7) is 2.89. The predicted octanol–water partition coefficient (Wildman–Crippen LogP) is 3.77. The van der Waals surface area contributed by atoms with E-state index in [9.17, 15) is 13.6 Å². The van der Waals surface area contributed by atoms with Crippen LogP contribution < -0.4 is 20.3 Å². The zero-order chi connectivity index (χ0) is 30.5. The summed E-state index contributed by atoms with van der Waals surface area (Å²) in [5, 5.41) is 6.17. The van der Waals surface area contributed by atoms with Crippen molar-refractivity contribution in [2.75, 3.05) is 47.2 Å². The second-order valence-electron chi connectivity index (χ2n) is 8.96. The van der Waals surface area contributed by atoms with Gasteiger partial charge < -0.3 is 25.0 Å². The monoisotopic (exact) mass is 591 g/mol. The molecule has 0 atom stereocenters. The Hall–Kier alpha value is -4.29. The van der Waals surface area contributed by atoms with E-state index in [1.165, 1.54) is 43.6 Å². The Morgan fingerprint density at radius 1 is 1.12 bits per heavy atom. The quantitative estimate of drug-likeness (QED) is 0.268. The number of amides is 1. The van der Waals surface area contributed by atoms with Crippen LogP contribution in [0.3, 0.4) is 0 Å². The third-order valence-corrected chi connectivity index (χ3v) is 5.39. The number of carbonyl (C=O) groups is 2. The number of benzene rings is 2. The number of methoxy groups -OCH3 is 2. The maximum atomic E-state index is 14.6. The minimum absolute atomic E-state index is 0.0310. The van der Waals surface area contributed by atoms with Gasteiger partial charge in [0, 0.05) is 30.2 Å². The van der Waals surface area contributed by atoms with E-state index in [4.69, 9.17) is 21.1 Å². The molecule has 3 N–H and O–H groups in total. The molecule has 0 aliphatic rings. The maximum Gasteiger partial charge on any atom is 0.292 e. The zero-order valence-corrected chi connectivity index (χ0v) is 24.5. The number of fused-ring (bicyclic) bond motifs is 1. The predicted molar refractivity (Wildman–Crippen MR) is 154 cm³/mol. The van der Waals surface area contributed by atoms with Gasteiger partial charge in [-0.3, -0.25) is 14.0 Å². The SMILES string of the molecule is CCCNC(=O)c1ccc(Nc2nccn3c(-c4ccc(OC)c(F)c4F)cnc23)cc1Cl.COC=O.C[NH+](C)C. The molecule has 0 aliphatic carbocycles. The van der Waals surface area contributed by atoms with E-state index >= 15 is 0 Å². The summed E-state index contributed by atoms with van der Waals surface area (Å²) >= 11 is 6.30. The van der Waals surface area contributed by atoms with Crippen LogP contribution in [-0.2, 0) is 9.53 Å². The highest BCUT2D eigenvalue weighted by Crippen LogP contribution is 2.32. The molecule has 4 rings (SSSR count). The van der Waals surface area contributed by atoms with Crippen LogP contribution >= 0.6 is 11.6 Å². The molecule has 10 nitrogen and oxygen atoms in total. The van der Waals surface area contributed by atoms with Crippen molar-refractivity contribution in [1.82, 2.24) is 19.7 Å². The molecular weight excluding hydrogens is 558 g/mol. The lowest BCUT2D eigenvalue weighted by atomic mass is 10.1. The number of halogens is 3. The van der Waals surface area contributed by atoms with Crippen LogP contribution in [0.15, 0.2) is 48.9 Å². The van der Waals surface area contributed by atoms with E-state index in [0.717, 1.165) is 6.42 Å². The second-order valence-corrected chi connectivity index (χ2v) is 9.37. The van der Waals surface area contributed by atoms with Gasteiger partial charge in [0.05, 0.1) is 57.8 Å². The summed E-state index contributed by atoms with van der Waals surface area (Å²) in [5.74, 6) is -2.17. The number of rotatable bonds is 8. The summed E-state index contributed by atoms with van der Waals surface area (Å²) in [5.41, 5.74) is 1.71. The highest BCUT2D eigenvalue weighted by atomic mass is 35.5. The molecule has 0 bridgehead atoms. The molecule has 220 valence electrons.